The third-order valence-electron chi connectivity index (χ3n) is 3.18. The zero-order chi connectivity index (χ0) is 15.9. The highest BCUT2D eigenvalue weighted by atomic mass is 19.1. The number of carbonyl (C=O) groups is 1. The van der Waals surface area contributed by atoms with E-state index in [2.05, 4.69) is 10.6 Å². The van der Waals surface area contributed by atoms with Gasteiger partial charge in [-0.3, -0.25) is 0 Å². The molecule has 2 amide bonds. The molecule has 0 aliphatic heterocycles. The van der Waals surface area contributed by atoms with E-state index in [9.17, 15) is 9.18 Å². The van der Waals surface area contributed by atoms with E-state index >= 15 is 0 Å². The van der Waals surface area contributed by atoms with Crippen molar-refractivity contribution in [3.05, 3.63) is 54.1 Å². The molecular weight excluding hydrogens is 285 g/mol. The van der Waals surface area contributed by atoms with E-state index in [-0.39, 0.29) is 24.4 Å². The Bertz CT molecular complexity index is 627. The largest absolute Gasteiger partial charge is 0.488 e. The van der Waals surface area contributed by atoms with Gasteiger partial charge in [0.15, 0.2) is 11.6 Å². The smallest absolute Gasteiger partial charge is 0.315 e. The molecule has 0 saturated carbocycles. The Labute approximate surface area is 129 Å². The zero-order valence-electron chi connectivity index (χ0n) is 12.7. The summed E-state index contributed by atoms with van der Waals surface area (Å²) in [6.07, 6.45) is 1.92. The molecule has 0 fully saturated rings. The number of urea groups is 1. The molecule has 0 aliphatic rings. The van der Waals surface area contributed by atoms with Crippen LogP contribution in [-0.2, 0) is 13.6 Å². The Kier molecular flexibility index (Phi) is 5.41. The molecule has 2 rings (SSSR count). The van der Waals surface area contributed by atoms with Crippen LogP contribution in [0, 0.1) is 5.82 Å². The molecule has 2 aromatic rings. The first-order valence-electron chi connectivity index (χ1n) is 7.08. The lowest BCUT2D eigenvalue weighted by atomic mass is 10.3. The highest BCUT2D eigenvalue weighted by Crippen LogP contribution is 2.15. The van der Waals surface area contributed by atoms with Gasteiger partial charge in [-0.1, -0.05) is 12.1 Å². The Hall–Kier alpha value is -2.50. The number of hydrogen-bond donors (Lipinski definition) is 2. The second-order valence-electron chi connectivity index (χ2n) is 5.08. The summed E-state index contributed by atoms with van der Waals surface area (Å²) in [5, 5.41) is 5.51. The van der Waals surface area contributed by atoms with Gasteiger partial charge >= 0.3 is 6.03 Å². The lowest BCUT2D eigenvalue weighted by Crippen LogP contribution is -2.43. The number of benzene rings is 1. The molecule has 0 aliphatic carbocycles. The van der Waals surface area contributed by atoms with Crippen molar-refractivity contribution in [2.24, 2.45) is 7.05 Å². The minimum Gasteiger partial charge on any atom is -0.488 e. The molecule has 0 radical (unpaired) electrons. The third-order valence-corrected chi connectivity index (χ3v) is 3.18. The van der Waals surface area contributed by atoms with Gasteiger partial charge in [0.2, 0.25) is 0 Å². The fourth-order valence-electron chi connectivity index (χ4n) is 1.94. The van der Waals surface area contributed by atoms with Gasteiger partial charge in [0.1, 0.15) is 6.61 Å². The topological polar surface area (TPSA) is 55.3 Å². The first-order chi connectivity index (χ1) is 10.6. The van der Waals surface area contributed by atoms with Gasteiger partial charge in [0.05, 0.1) is 12.6 Å². The molecule has 1 unspecified atom stereocenters. The number of aryl methyl sites for hydroxylation is 1. The lowest BCUT2D eigenvalue weighted by Gasteiger charge is -2.16. The molecule has 6 heteroatoms. The highest BCUT2D eigenvalue weighted by molar-refractivity contribution is 5.74. The monoisotopic (exact) mass is 305 g/mol. The first kappa shape index (κ1) is 15.9. The molecule has 118 valence electrons. The Morgan fingerprint density at radius 2 is 2.09 bits per heavy atom. The third kappa shape index (κ3) is 4.51. The van der Waals surface area contributed by atoms with Crippen molar-refractivity contribution >= 4 is 6.03 Å². The van der Waals surface area contributed by atoms with Crippen molar-refractivity contribution in [1.29, 1.82) is 0 Å². The average Bonchev–Trinajstić information content (AvgIpc) is 2.89. The van der Waals surface area contributed by atoms with Gasteiger partial charge in [-0.2, -0.15) is 0 Å². The SMILES string of the molecule is CC(COc1ccccc1F)NC(=O)NCc1cccn1C. The first-order valence-corrected chi connectivity index (χ1v) is 7.08. The van der Waals surface area contributed by atoms with Crippen LogP contribution in [0.1, 0.15) is 12.6 Å². The van der Waals surface area contributed by atoms with Crippen LogP contribution in [0.15, 0.2) is 42.6 Å². The van der Waals surface area contributed by atoms with Crippen molar-refractivity contribution < 1.29 is 13.9 Å². The summed E-state index contributed by atoms with van der Waals surface area (Å²) in [4.78, 5) is 11.8. The van der Waals surface area contributed by atoms with Crippen molar-refractivity contribution in [3.63, 3.8) is 0 Å². The Morgan fingerprint density at radius 1 is 1.32 bits per heavy atom. The maximum atomic E-state index is 13.4. The highest BCUT2D eigenvalue weighted by Gasteiger charge is 2.09. The molecule has 0 bridgehead atoms. The summed E-state index contributed by atoms with van der Waals surface area (Å²) in [5.74, 6) is -0.233. The van der Waals surface area contributed by atoms with E-state index < -0.39 is 5.82 Å². The van der Waals surface area contributed by atoms with Crippen LogP contribution in [0.4, 0.5) is 9.18 Å². The summed E-state index contributed by atoms with van der Waals surface area (Å²) in [6, 6.07) is 9.51. The van der Waals surface area contributed by atoms with Crippen LogP contribution in [0.2, 0.25) is 0 Å². The molecule has 2 N–H and O–H groups in total. The van der Waals surface area contributed by atoms with Crippen molar-refractivity contribution in [2.75, 3.05) is 6.61 Å². The second-order valence-corrected chi connectivity index (χ2v) is 5.08. The quantitative estimate of drug-likeness (QED) is 0.861. The van der Waals surface area contributed by atoms with Gasteiger partial charge in [0, 0.05) is 18.9 Å². The molecule has 0 saturated heterocycles. The number of hydrogen-bond acceptors (Lipinski definition) is 2. The van der Waals surface area contributed by atoms with Crippen LogP contribution in [0.25, 0.3) is 0 Å². The van der Waals surface area contributed by atoms with Crippen LogP contribution < -0.4 is 15.4 Å². The summed E-state index contributed by atoms with van der Waals surface area (Å²) in [7, 11) is 1.92. The predicted molar refractivity (Wildman–Crippen MR) is 82.1 cm³/mol. The van der Waals surface area contributed by atoms with Gasteiger partial charge in [-0.05, 0) is 31.2 Å². The van der Waals surface area contributed by atoms with Crippen molar-refractivity contribution in [1.82, 2.24) is 15.2 Å². The van der Waals surface area contributed by atoms with E-state index in [0.717, 1.165) is 5.69 Å². The lowest BCUT2D eigenvalue weighted by molar-refractivity contribution is 0.224. The number of aromatic nitrogens is 1. The van der Waals surface area contributed by atoms with E-state index in [1.807, 2.05) is 29.9 Å². The molecule has 1 aromatic carbocycles. The Morgan fingerprint density at radius 3 is 2.77 bits per heavy atom. The fourth-order valence-corrected chi connectivity index (χ4v) is 1.94. The van der Waals surface area contributed by atoms with Gasteiger partial charge < -0.3 is 19.9 Å². The van der Waals surface area contributed by atoms with E-state index in [4.69, 9.17) is 4.74 Å². The van der Waals surface area contributed by atoms with Gasteiger partial charge in [0.25, 0.3) is 0 Å². The maximum absolute atomic E-state index is 13.4. The summed E-state index contributed by atoms with van der Waals surface area (Å²) < 4.78 is 20.7. The summed E-state index contributed by atoms with van der Waals surface area (Å²) >= 11 is 0. The fraction of sp³-hybridized carbons (Fsp3) is 0.312. The van der Waals surface area contributed by atoms with E-state index in [1.54, 1.807) is 25.1 Å². The van der Waals surface area contributed by atoms with Crippen LogP contribution in [0.3, 0.4) is 0 Å². The van der Waals surface area contributed by atoms with Crippen molar-refractivity contribution in [2.45, 2.75) is 19.5 Å². The molecule has 1 atom stereocenters. The van der Waals surface area contributed by atoms with E-state index in [1.165, 1.54) is 6.07 Å². The second kappa shape index (κ2) is 7.49. The molecule has 1 aromatic heterocycles. The molecule has 1 heterocycles. The van der Waals surface area contributed by atoms with Gasteiger partial charge in [-0.15, -0.1) is 0 Å². The number of carbonyl (C=O) groups excluding carboxylic acids is 1. The zero-order valence-corrected chi connectivity index (χ0v) is 12.7. The average molecular weight is 305 g/mol. The van der Waals surface area contributed by atoms with Gasteiger partial charge in [-0.25, -0.2) is 9.18 Å². The minimum absolute atomic E-state index is 0.181. The number of nitrogens with one attached hydrogen (secondary N) is 2. The van der Waals surface area contributed by atoms with E-state index in [0.29, 0.717) is 6.54 Å². The van der Waals surface area contributed by atoms with Crippen LogP contribution in [-0.4, -0.2) is 23.2 Å². The molecular formula is C16H20FN3O2. The van der Waals surface area contributed by atoms with Crippen molar-refractivity contribution in [3.8, 4) is 5.75 Å². The maximum Gasteiger partial charge on any atom is 0.315 e. The summed E-state index contributed by atoms with van der Waals surface area (Å²) in [5.41, 5.74) is 1.01. The minimum atomic E-state index is -0.414. The molecule has 5 nitrogen and oxygen atoms in total. The van der Waals surface area contributed by atoms with Crippen LogP contribution in [0.5, 0.6) is 5.75 Å². The van der Waals surface area contributed by atoms with Crippen LogP contribution >= 0.6 is 0 Å². The standard InChI is InChI=1S/C16H20FN3O2/c1-12(11-22-15-8-4-3-7-14(15)17)19-16(21)18-10-13-6-5-9-20(13)2/h3-9,12H,10-11H2,1-2H3,(H2,18,19,21). The summed E-state index contributed by atoms with van der Waals surface area (Å²) in [6.45, 7) is 2.43. The number of para-hydroxylation sites is 1. The number of ether oxygens (including phenoxy) is 1. The Balaban J connectivity index is 1.72. The number of rotatable bonds is 6. The molecule has 0 spiro atoms. The molecule has 22 heavy (non-hydrogen) atoms. The number of halogens is 1. The predicted octanol–water partition coefficient (Wildman–Crippen LogP) is 2.43. The number of amides is 2. The number of nitrogens with zero attached hydrogens (tertiary/aromatic N) is 1. The normalized spacial score (nSPS) is 11.8.